The summed E-state index contributed by atoms with van der Waals surface area (Å²) in [4.78, 5) is 11.7. The standard InChI is InChI=1S/C8H8N2O3S/c11-8(10-13)7(9-12)4-3-6-2-1-5-14-6/h1-5,12-13H,(H,10,11). The van der Waals surface area contributed by atoms with E-state index in [0.29, 0.717) is 0 Å². The minimum atomic E-state index is -0.861. The first-order valence-corrected chi connectivity index (χ1v) is 4.54. The fraction of sp³-hybridized carbons (Fsp3) is 0. The second-order valence-electron chi connectivity index (χ2n) is 2.27. The Morgan fingerprint density at radius 2 is 2.43 bits per heavy atom. The lowest BCUT2D eigenvalue weighted by Gasteiger charge is -1.93. The van der Waals surface area contributed by atoms with Gasteiger partial charge in [-0.1, -0.05) is 11.2 Å². The molecule has 0 aromatic carbocycles. The van der Waals surface area contributed by atoms with Crippen molar-refractivity contribution in [2.75, 3.05) is 0 Å². The molecule has 0 atom stereocenters. The molecule has 1 aromatic rings. The van der Waals surface area contributed by atoms with Gasteiger partial charge in [0.25, 0.3) is 5.91 Å². The summed E-state index contributed by atoms with van der Waals surface area (Å²) in [7, 11) is 0. The highest BCUT2D eigenvalue weighted by atomic mass is 32.1. The molecule has 0 unspecified atom stereocenters. The van der Waals surface area contributed by atoms with Gasteiger partial charge >= 0.3 is 0 Å². The number of nitrogens with one attached hydrogen (secondary N) is 1. The maximum Gasteiger partial charge on any atom is 0.296 e. The highest BCUT2D eigenvalue weighted by Crippen LogP contribution is 2.10. The molecule has 3 N–H and O–H groups in total. The van der Waals surface area contributed by atoms with E-state index in [1.165, 1.54) is 22.9 Å². The zero-order chi connectivity index (χ0) is 10.4. The van der Waals surface area contributed by atoms with Crippen LogP contribution in [0.3, 0.4) is 0 Å². The smallest absolute Gasteiger partial charge is 0.296 e. The molecule has 0 spiro atoms. The molecule has 1 aromatic heterocycles. The van der Waals surface area contributed by atoms with Crippen molar-refractivity contribution < 1.29 is 15.2 Å². The van der Waals surface area contributed by atoms with Crippen LogP contribution >= 0.6 is 11.3 Å². The van der Waals surface area contributed by atoms with E-state index < -0.39 is 5.91 Å². The summed E-state index contributed by atoms with van der Waals surface area (Å²) in [6, 6.07) is 3.69. The molecule has 0 aliphatic rings. The van der Waals surface area contributed by atoms with Crippen LogP contribution in [0.4, 0.5) is 0 Å². The third kappa shape index (κ3) is 2.68. The minimum absolute atomic E-state index is 0.263. The second-order valence-corrected chi connectivity index (χ2v) is 3.25. The van der Waals surface area contributed by atoms with Crippen LogP contribution in [0.1, 0.15) is 4.88 Å². The molecular formula is C8H8N2O3S. The number of oxime groups is 1. The monoisotopic (exact) mass is 212 g/mol. The van der Waals surface area contributed by atoms with Crippen molar-refractivity contribution in [2.45, 2.75) is 0 Å². The Morgan fingerprint density at radius 1 is 1.64 bits per heavy atom. The molecule has 1 heterocycles. The topological polar surface area (TPSA) is 81.9 Å². The van der Waals surface area contributed by atoms with Gasteiger partial charge in [-0.25, -0.2) is 5.48 Å². The van der Waals surface area contributed by atoms with Crippen LogP contribution in [0.2, 0.25) is 0 Å². The van der Waals surface area contributed by atoms with Crippen LogP contribution in [0.15, 0.2) is 28.7 Å². The number of amides is 1. The molecule has 0 saturated carbocycles. The SMILES string of the molecule is O=C(NO)C(C=Cc1cccs1)=NO. The van der Waals surface area contributed by atoms with Gasteiger partial charge in [0.05, 0.1) is 0 Å². The molecule has 0 aliphatic carbocycles. The van der Waals surface area contributed by atoms with Crippen molar-refractivity contribution in [1.82, 2.24) is 5.48 Å². The van der Waals surface area contributed by atoms with Crippen LogP contribution < -0.4 is 5.48 Å². The largest absolute Gasteiger partial charge is 0.410 e. The first-order chi connectivity index (χ1) is 6.77. The van der Waals surface area contributed by atoms with E-state index in [1.807, 2.05) is 17.5 Å². The van der Waals surface area contributed by atoms with Crippen LogP contribution in [0.5, 0.6) is 0 Å². The maximum absolute atomic E-state index is 10.8. The van der Waals surface area contributed by atoms with Crippen molar-refractivity contribution in [1.29, 1.82) is 0 Å². The van der Waals surface area contributed by atoms with Crippen molar-refractivity contribution in [3.8, 4) is 0 Å². The van der Waals surface area contributed by atoms with Crippen molar-refractivity contribution in [3.05, 3.63) is 28.5 Å². The Labute approximate surface area is 83.9 Å². The number of rotatable bonds is 3. The number of nitrogens with zero attached hydrogens (tertiary/aromatic N) is 1. The van der Waals surface area contributed by atoms with E-state index in [4.69, 9.17) is 10.4 Å². The molecule has 0 saturated heterocycles. The van der Waals surface area contributed by atoms with E-state index in [1.54, 1.807) is 6.08 Å². The van der Waals surface area contributed by atoms with E-state index in [9.17, 15) is 4.79 Å². The zero-order valence-electron chi connectivity index (χ0n) is 7.04. The number of carbonyl (C=O) groups excluding carboxylic acids is 1. The van der Waals surface area contributed by atoms with Crippen LogP contribution in [0, 0.1) is 0 Å². The summed E-state index contributed by atoms with van der Waals surface area (Å²) in [5.74, 6) is -0.861. The van der Waals surface area contributed by atoms with Crippen LogP contribution in [0.25, 0.3) is 6.08 Å². The van der Waals surface area contributed by atoms with Gasteiger partial charge in [-0.3, -0.25) is 10.0 Å². The van der Waals surface area contributed by atoms with Crippen LogP contribution in [-0.2, 0) is 4.79 Å². The van der Waals surface area contributed by atoms with Gasteiger partial charge in [0, 0.05) is 4.88 Å². The van der Waals surface area contributed by atoms with E-state index in [0.717, 1.165) is 4.88 Å². The minimum Gasteiger partial charge on any atom is -0.410 e. The fourth-order valence-electron chi connectivity index (χ4n) is 0.759. The molecule has 1 amide bonds. The molecule has 14 heavy (non-hydrogen) atoms. The van der Waals surface area contributed by atoms with E-state index in [-0.39, 0.29) is 5.71 Å². The third-order valence-corrected chi connectivity index (χ3v) is 2.23. The summed E-state index contributed by atoms with van der Waals surface area (Å²) < 4.78 is 0. The Balaban J connectivity index is 2.71. The number of hydrogen-bond acceptors (Lipinski definition) is 5. The van der Waals surface area contributed by atoms with Gasteiger partial charge in [0.2, 0.25) is 0 Å². The fourth-order valence-corrected chi connectivity index (χ4v) is 1.38. The number of carbonyl (C=O) groups is 1. The lowest BCUT2D eigenvalue weighted by atomic mass is 10.3. The molecule has 5 nitrogen and oxygen atoms in total. The average molecular weight is 212 g/mol. The quantitative estimate of drug-likeness (QED) is 0.303. The maximum atomic E-state index is 10.8. The Kier molecular flexibility index (Phi) is 3.84. The van der Waals surface area contributed by atoms with Crippen LogP contribution in [-0.4, -0.2) is 22.0 Å². The predicted molar refractivity (Wildman–Crippen MR) is 52.5 cm³/mol. The van der Waals surface area contributed by atoms with E-state index >= 15 is 0 Å². The summed E-state index contributed by atoms with van der Waals surface area (Å²) in [6.45, 7) is 0. The molecular weight excluding hydrogens is 204 g/mol. The predicted octanol–water partition coefficient (Wildman–Crippen LogP) is 1.10. The highest BCUT2D eigenvalue weighted by Gasteiger charge is 2.06. The first-order valence-electron chi connectivity index (χ1n) is 3.66. The average Bonchev–Trinajstić information content (AvgIpc) is 2.71. The first kappa shape index (κ1) is 10.4. The summed E-state index contributed by atoms with van der Waals surface area (Å²) in [6.07, 6.45) is 2.91. The van der Waals surface area contributed by atoms with Gasteiger partial charge in [0.1, 0.15) is 0 Å². The Bertz CT molecular complexity index is 357. The third-order valence-electron chi connectivity index (χ3n) is 1.39. The molecule has 1 rings (SSSR count). The summed E-state index contributed by atoms with van der Waals surface area (Å²) in [5.41, 5.74) is 1.11. The van der Waals surface area contributed by atoms with Gasteiger partial charge in [0.15, 0.2) is 5.71 Å². The molecule has 6 heteroatoms. The van der Waals surface area contributed by atoms with Crippen molar-refractivity contribution in [2.24, 2.45) is 5.16 Å². The molecule has 0 fully saturated rings. The zero-order valence-corrected chi connectivity index (χ0v) is 7.86. The van der Waals surface area contributed by atoms with Gasteiger partial charge in [-0.05, 0) is 23.6 Å². The summed E-state index contributed by atoms with van der Waals surface area (Å²) in [5, 5.41) is 21.3. The number of hydrogen-bond donors (Lipinski definition) is 3. The lowest BCUT2D eigenvalue weighted by molar-refractivity contribution is -0.122. The van der Waals surface area contributed by atoms with Gasteiger partial charge in [-0.15, -0.1) is 11.3 Å². The number of hydroxylamine groups is 1. The van der Waals surface area contributed by atoms with Gasteiger partial charge in [-0.2, -0.15) is 0 Å². The molecule has 0 radical (unpaired) electrons. The lowest BCUT2D eigenvalue weighted by Crippen LogP contribution is -2.26. The molecule has 0 aliphatic heterocycles. The highest BCUT2D eigenvalue weighted by molar-refractivity contribution is 7.10. The Hall–Kier alpha value is -1.66. The second kappa shape index (κ2) is 5.15. The van der Waals surface area contributed by atoms with Crippen molar-refractivity contribution >= 4 is 29.0 Å². The van der Waals surface area contributed by atoms with E-state index in [2.05, 4.69) is 5.16 Å². The number of thiophene rings is 1. The molecule has 74 valence electrons. The van der Waals surface area contributed by atoms with Crippen molar-refractivity contribution in [3.63, 3.8) is 0 Å². The normalized spacial score (nSPS) is 11.9. The Morgan fingerprint density at radius 3 is 2.93 bits per heavy atom. The van der Waals surface area contributed by atoms with Gasteiger partial charge < -0.3 is 5.21 Å². The molecule has 0 bridgehead atoms. The summed E-state index contributed by atoms with van der Waals surface area (Å²) >= 11 is 1.48.